The number of carbonyl (C=O) groups is 3. The fourth-order valence-electron chi connectivity index (χ4n) is 6.84. The Kier molecular flexibility index (Phi) is 6.42. The van der Waals surface area contributed by atoms with Gasteiger partial charge in [0.25, 0.3) is 5.91 Å². The lowest BCUT2D eigenvalue weighted by atomic mass is 9.74. The molecule has 0 saturated carbocycles. The van der Waals surface area contributed by atoms with Gasteiger partial charge in [0.15, 0.2) is 0 Å². The number of nitrogens with two attached hydrogens (primary N) is 1. The van der Waals surface area contributed by atoms with Crippen LogP contribution in [-0.4, -0.2) is 63.2 Å². The SMILES string of the molecule is NC(=O)c1ccc(-c2c(CN3C(=O)C4(CCN(C(=O)C5CCCN5)CC4)c4ccncc43)ncc3ccccc23)cn1. The number of piperidine rings is 1. The molecule has 4 aromatic rings. The first-order valence-electron chi connectivity index (χ1n) is 14.4. The highest BCUT2D eigenvalue weighted by molar-refractivity contribution is 6.08. The van der Waals surface area contributed by atoms with Crippen LogP contribution in [0.25, 0.3) is 21.9 Å². The summed E-state index contributed by atoms with van der Waals surface area (Å²) in [4.78, 5) is 56.3. The van der Waals surface area contributed by atoms with Crippen molar-refractivity contribution in [3.05, 3.63) is 84.2 Å². The maximum atomic E-state index is 14.4. The standard InChI is InChI=1S/C32H31N7O3/c33-29(40)24-8-7-21(17-36-24)28-22-5-2-1-4-20(22)16-37-26(28)19-39-27-18-34-13-9-23(27)32(31(39)42)10-14-38(15-11-32)30(41)25-6-3-12-35-25/h1-2,4-5,7-9,13,16-18,25,35H,3,6,10-12,14-15,19H2,(H2,33,40). The van der Waals surface area contributed by atoms with E-state index in [-0.39, 0.29) is 30.1 Å². The number of fused-ring (bicyclic) bond motifs is 3. The van der Waals surface area contributed by atoms with E-state index in [0.29, 0.717) is 31.6 Å². The first kappa shape index (κ1) is 26.2. The lowest BCUT2D eigenvalue weighted by Crippen LogP contribution is -2.53. The Morgan fingerprint density at radius 3 is 2.60 bits per heavy atom. The number of rotatable bonds is 5. The minimum atomic E-state index is -0.708. The van der Waals surface area contributed by atoms with E-state index in [0.717, 1.165) is 52.5 Å². The summed E-state index contributed by atoms with van der Waals surface area (Å²) < 4.78 is 0. The molecule has 42 heavy (non-hydrogen) atoms. The average molecular weight is 562 g/mol. The van der Waals surface area contributed by atoms with E-state index in [4.69, 9.17) is 10.7 Å². The summed E-state index contributed by atoms with van der Waals surface area (Å²) >= 11 is 0. The van der Waals surface area contributed by atoms with Gasteiger partial charge in [0.1, 0.15) is 5.69 Å². The van der Waals surface area contributed by atoms with Crippen LogP contribution >= 0.6 is 0 Å². The van der Waals surface area contributed by atoms with Gasteiger partial charge in [-0.3, -0.25) is 29.3 Å². The first-order valence-corrected chi connectivity index (χ1v) is 14.4. The van der Waals surface area contributed by atoms with Crippen molar-refractivity contribution < 1.29 is 14.4 Å². The number of carbonyl (C=O) groups excluding carboxylic acids is 3. The van der Waals surface area contributed by atoms with Gasteiger partial charge in [-0.1, -0.05) is 30.3 Å². The minimum absolute atomic E-state index is 0.0136. The van der Waals surface area contributed by atoms with Gasteiger partial charge in [0.05, 0.1) is 35.6 Å². The number of benzene rings is 1. The number of amides is 3. The van der Waals surface area contributed by atoms with Gasteiger partial charge in [-0.05, 0) is 55.3 Å². The summed E-state index contributed by atoms with van der Waals surface area (Å²) in [6, 6.07) is 13.2. The van der Waals surface area contributed by atoms with Crippen molar-refractivity contribution in [2.24, 2.45) is 5.73 Å². The Balaban J connectivity index is 1.24. The molecule has 1 atom stereocenters. The Morgan fingerprint density at radius 2 is 1.86 bits per heavy atom. The molecule has 0 bridgehead atoms. The zero-order valence-electron chi connectivity index (χ0n) is 23.1. The molecule has 212 valence electrons. The van der Waals surface area contributed by atoms with Crippen molar-refractivity contribution in [2.45, 2.75) is 43.7 Å². The Bertz CT molecular complexity index is 1710. The maximum absolute atomic E-state index is 14.4. The molecule has 0 radical (unpaired) electrons. The second kappa shape index (κ2) is 10.3. The summed E-state index contributed by atoms with van der Waals surface area (Å²) in [5, 5.41) is 5.23. The van der Waals surface area contributed by atoms with Gasteiger partial charge in [-0.15, -0.1) is 0 Å². The van der Waals surface area contributed by atoms with Gasteiger partial charge in [-0.25, -0.2) is 0 Å². The van der Waals surface area contributed by atoms with Crippen molar-refractivity contribution in [1.82, 2.24) is 25.2 Å². The number of hydrogen-bond donors (Lipinski definition) is 2. The summed E-state index contributed by atoms with van der Waals surface area (Å²) in [6.45, 7) is 2.19. The van der Waals surface area contributed by atoms with E-state index < -0.39 is 11.3 Å². The number of anilines is 1. The summed E-state index contributed by atoms with van der Waals surface area (Å²) in [7, 11) is 0. The van der Waals surface area contributed by atoms with Crippen LogP contribution in [0.1, 0.15) is 47.4 Å². The van der Waals surface area contributed by atoms with Gasteiger partial charge in [-0.2, -0.15) is 0 Å². The number of primary amides is 1. The highest BCUT2D eigenvalue weighted by Gasteiger charge is 2.53. The number of pyridine rings is 3. The van der Waals surface area contributed by atoms with Crippen LogP contribution < -0.4 is 16.0 Å². The monoisotopic (exact) mass is 561 g/mol. The van der Waals surface area contributed by atoms with Crippen LogP contribution in [0, 0.1) is 0 Å². The molecule has 3 aromatic heterocycles. The Morgan fingerprint density at radius 1 is 1.02 bits per heavy atom. The topological polar surface area (TPSA) is 134 Å². The highest BCUT2D eigenvalue weighted by Crippen LogP contribution is 2.48. The van der Waals surface area contributed by atoms with Crippen LogP contribution in [0.2, 0.25) is 0 Å². The quantitative estimate of drug-likeness (QED) is 0.383. The van der Waals surface area contributed by atoms with E-state index in [1.54, 1.807) is 29.6 Å². The van der Waals surface area contributed by atoms with Crippen molar-refractivity contribution >= 4 is 34.2 Å². The highest BCUT2D eigenvalue weighted by atomic mass is 16.2. The molecule has 7 rings (SSSR count). The van der Waals surface area contributed by atoms with E-state index >= 15 is 0 Å². The first-order chi connectivity index (χ1) is 20.5. The molecular formula is C32H31N7O3. The van der Waals surface area contributed by atoms with Crippen molar-refractivity contribution in [2.75, 3.05) is 24.5 Å². The third-order valence-electron chi connectivity index (χ3n) is 9.04. The van der Waals surface area contributed by atoms with Crippen LogP contribution in [0.15, 0.2) is 67.3 Å². The molecule has 3 N–H and O–H groups in total. The van der Waals surface area contributed by atoms with E-state index in [1.165, 1.54) is 0 Å². The Hall–Kier alpha value is -4.70. The lowest BCUT2D eigenvalue weighted by Gasteiger charge is -2.39. The molecule has 1 unspecified atom stereocenters. The van der Waals surface area contributed by atoms with Crippen LogP contribution in [0.4, 0.5) is 5.69 Å². The normalized spacial score (nSPS) is 19.4. The van der Waals surface area contributed by atoms with E-state index in [2.05, 4.69) is 15.3 Å². The van der Waals surface area contributed by atoms with Gasteiger partial charge in [0, 0.05) is 48.2 Å². The predicted molar refractivity (Wildman–Crippen MR) is 157 cm³/mol. The van der Waals surface area contributed by atoms with Gasteiger partial charge >= 0.3 is 0 Å². The second-order valence-electron chi connectivity index (χ2n) is 11.3. The zero-order chi connectivity index (χ0) is 28.8. The summed E-state index contributed by atoms with van der Waals surface area (Å²) in [5.74, 6) is -0.442. The van der Waals surface area contributed by atoms with Gasteiger partial charge in [0.2, 0.25) is 11.8 Å². The van der Waals surface area contributed by atoms with Gasteiger partial charge < -0.3 is 20.9 Å². The van der Waals surface area contributed by atoms with Crippen LogP contribution in [-0.2, 0) is 21.5 Å². The molecule has 0 aliphatic carbocycles. The van der Waals surface area contributed by atoms with E-state index in [9.17, 15) is 14.4 Å². The summed E-state index contributed by atoms with van der Waals surface area (Å²) in [6.07, 6.45) is 9.95. The summed E-state index contributed by atoms with van der Waals surface area (Å²) in [5.41, 5.74) is 8.98. The second-order valence-corrected chi connectivity index (χ2v) is 11.3. The average Bonchev–Trinajstić information content (AvgIpc) is 3.64. The number of hydrogen-bond acceptors (Lipinski definition) is 7. The molecule has 3 aliphatic heterocycles. The fraction of sp³-hybridized carbons (Fsp3) is 0.312. The number of aromatic nitrogens is 3. The molecule has 3 amide bonds. The molecule has 10 heteroatoms. The molecule has 2 fully saturated rings. The predicted octanol–water partition coefficient (Wildman–Crippen LogP) is 2.95. The smallest absolute Gasteiger partial charge is 0.267 e. The van der Waals surface area contributed by atoms with Crippen molar-refractivity contribution in [3.8, 4) is 11.1 Å². The third kappa shape index (κ3) is 4.21. The maximum Gasteiger partial charge on any atom is 0.267 e. The molecule has 3 aliphatic rings. The molecule has 10 nitrogen and oxygen atoms in total. The number of nitrogens with zero attached hydrogens (tertiary/aromatic N) is 5. The minimum Gasteiger partial charge on any atom is -0.364 e. The Labute approximate surface area is 243 Å². The molecule has 2 saturated heterocycles. The van der Waals surface area contributed by atoms with Crippen molar-refractivity contribution in [3.63, 3.8) is 0 Å². The number of nitrogens with one attached hydrogen (secondary N) is 1. The largest absolute Gasteiger partial charge is 0.364 e. The van der Waals surface area contributed by atoms with Crippen LogP contribution in [0.5, 0.6) is 0 Å². The third-order valence-corrected chi connectivity index (χ3v) is 9.04. The molecule has 1 aromatic carbocycles. The van der Waals surface area contributed by atoms with Crippen molar-refractivity contribution in [1.29, 1.82) is 0 Å². The van der Waals surface area contributed by atoms with Crippen LogP contribution in [0.3, 0.4) is 0 Å². The molecule has 6 heterocycles. The number of likely N-dealkylation sites (tertiary alicyclic amines) is 1. The molecular weight excluding hydrogens is 530 g/mol. The zero-order valence-corrected chi connectivity index (χ0v) is 23.1. The van der Waals surface area contributed by atoms with E-state index in [1.807, 2.05) is 47.5 Å². The molecule has 1 spiro atoms. The fourth-order valence-corrected chi connectivity index (χ4v) is 6.84. The lowest BCUT2D eigenvalue weighted by molar-refractivity contribution is -0.137.